The SMILES string of the molecule is CCN1C(=O)c2ccc(C(=O)N3CCC4(CC3)CC4C(=O)O)cc2S1(=O)=O. The molecule has 1 saturated carbocycles. The Morgan fingerprint density at radius 3 is 2.48 bits per heavy atom. The summed E-state index contributed by atoms with van der Waals surface area (Å²) < 4.78 is 25.8. The van der Waals surface area contributed by atoms with E-state index in [1.54, 1.807) is 11.8 Å². The highest BCUT2D eigenvalue weighted by Crippen LogP contribution is 2.59. The fourth-order valence-corrected chi connectivity index (χ4v) is 5.91. The molecule has 1 unspecified atom stereocenters. The first kappa shape index (κ1) is 18.0. The Labute approximate surface area is 156 Å². The van der Waals surface area contributed by atoms with Crippen molar-refractivity contribution in [2.75, 3.05) is 19.6 Å². The number of nitrogens with zero attached hydrogens (tertiary/aromatic N) is 2. The van der Waals surface area contributed by atoms with Crippen molar-refractivity contribution in [3.05, 3.63) is 29.3 Å². The number of likely N-dealkylation sites (tertiary alicyclic amines) is 1. The van der Waals surface area contributed by atoms with E-state index in [4.69, 9.17) is 5.11 Å². The minimum Gasteiger partial charge on any atom is -0.481 e. The smallest absolute Gasteiger partial charge is 0.307 e. The molecule has 8 nitrogen and oxygen atoms in total. The van der Waals surface area contributed by atoms with Crippen LogP contribution in [0.3, 0.4) is 0 Å². The van der Waals surface area contributed by atoms with Crippen LogP contribution in [0, 0.1) is 11.3 Å². The molecule has 1 spiro atoms. The minimum atomic E-state index is -3.91. The zero-order valence-corrected chi connectivity index (χ0v) is 15.7. The van der Waals surface area contributed by atoms with Crippen molar-refractivity contribution in [2.24, 2.45) is 11.3 Å². The normalized spacial score (nSPS) is 24.8. The summed E-state index contributed by atoms with van der Waals surface area (Å²) >= 11 is 0. The third-order valence-corrected chi connectivity index (χ3v) is 7.97. The molecule has 9 heteroatoms. The highest BCUT2D eigenvalue weighted by atomic mass is 32.2. The minimum absolute atomic E-state index is 0.0398. The number of carbonyl (C=O) groups is 3. The van der Waals surface area contributed by atoms with Crippen molar-refractivity contribution in [2.45, 2.75) is 31.1 Å². The van der Waals surface area contributed by atoms with Crippen LogP contribution in [-0.2, 0) is 14.8 Å². The molecule has 1 N–H and O–H groups in total. The van der Waals surface area contributed by atoms with Gasteiger partial charge in [-0.1, -0.05) is 0 Å². The third-order valence-electron chi connectivity index (χ3n) is 6.08. The molecule has 144 valence electrons. The molecule has 0 radical (unpaired) electrons. The first-order chi connectivity index (χ1) is 12.7. The number of fused-ring (bicyclic) bond motifs is 1. The molecule has 2 heterocycles. The number of rotatable bonds is 3. The molecule has 2 amide bonds. The summed E-state index contributed by atoms with van der Waals surface area (Å²) in [6.07, 6.45) is 1.94. The van der Waals surface area contributed by atoms with Crippen molar-refractivity contribution in [1.82, 2.24) is 9.21 Å². The quantitative estimate of drug-likeness (QED) is 0.827. The molecule has 3 aliphatic rings. The van der Waals surface area contributed by atoms with Gasteiger partial charge >= 0.3 is 5.97 Å². The van der Waals surface area contributed by atoms with Gasteiger partial charge in [0.25, 0.3) is 21.8 Å². The number of amides is 2. The first-order valence-corrected chi connectivity index (χ1v) is 10.4. The summed E-state index contributed by atoms with van der Waals surface area (Å²) in [5.74, 6) is -1.95. The average molecular weight is 392 g/mol. The van der Waals surface area contributed by atoms with Crippen LogP contribution < -0.4 is 0 Å². The Balaban J connectivity index is 1.54. The molecule has 1 aromatic carbocycles. The standard InChI is InChI=1S/C18H20N2O6S/c1-2-20-16(22)12-4-3-11(9-14(12)27(20,25)26)15(21)19-7-5-18(6-8-19)10-13(18)17(23)24/h3-4,9,13H,2,5-8,10H2,1H3,(H,23,24). The van der Waals surface area contributed by atoms with Crippen molar-refractivity contribution >= 4 is 27.8 Å². The molecular weight excluding hydrogens is 372 g/mol. The Kier molecular flexibility index (Phi) is 3.85. The maximum Gasteiger partial charge on any atom is 0.307 e. The van der Waals surface area contributed by atoms with E-state index >= 15 is 0 Å². The van der Waals surface area contributed by atoms with Crippen LogP contribution in [0.5, 0.6) is 0 Å². The van der Waals surface area contributed by atoms with Crippen LogP contribution in [0.1, 0.15) is 46.9 Å². The van der Waals surface area contributed by atoms with E-state index in [1.165, 1.54) is 18.2 Å². The summed E-state index contributed by atoms with van der Waals surface area (Å²) in [4.78, 5) is 37.7. The molecule has 1 aliphatic carbocycles. The molecule has 1 atom stereocenters. The van der Waals surface area contributed by atoms with Gasteiger partial charge in [-0.05, 0) is 49.8 Å². The summed E-state index contributed by atoms with van der Waals surface area (Å²) in [6.45, 7) is 2.52. The largest absolute Gasteiger partial charge is 0.481 e. The lowest BCUT2D eigenvalue weighted by atomic mass is 9.90. The van der Waals surface area contributed by atoms with E-state index in [2.05, 4.69) is 0 Å². The lowest BCUT2D eigenvalue weighted by Crippen LogP contribution is -2.40. The van der Waals surface area contributed by atoms with Gasteiger partial charge in [-0.25, -0.2) is 12.7 Å². The molecule has 27 heavy (non-hydrogen) atoms. The van der Waals surface area contributed by atoms with E-state index in [9.17, 15) is 22.8 Å². The van der Waals surface area contributed by atoms with Crippen LogP contribution >= 0.6 is 0 Å². The topological polar surface area (TPSA) is 112 Å². The zero-order chi connectivity index (χ0) is 19.6. The van der Waals surface area contributed by atoms with Crippen LogP contribution in [0.15, 0.2) is 23.1 Å². The average Bonchev–Trinajstić information content (AvgIpc) is 3.30. The molecule has 0 aromatic heterocycles. The predicted octanol–water partition coefficient (Wildman–Crippen LogP) is 1.18. The maximum absolute atomic E-state index is 12.8. The van der Waals surface area contributed by atoms with Crippen LogP contribution in [0.4, 0.5) is 0 Å². The van der Waals surface area contributed by atoms with Gasteiger partial charge < -0.3 is 10.0 Å². The van der Waals surface area contributed by atoms with Gasteiger partial charge in [-0.3, -0.25) is 14.4 Å². The zero-order valence-electron chi connectivity index (χ0n) is 14.8. The number of sulfonamides is 1. The van der Waals surface area contributed by atoms with Crippen molar-refractivity contribution in [3.63, 3.8) is 0 Å². The van der Waals surface area contributed by atoms with E-state index < -0.39 is 21.9 Å². The first-order valence-electron chi connectivity index (χ1n) is 8.94. The highest BCUT2D eigenvalue weighted by molar-refractivity contribution is 7.90. The summed E-state index contributed by atoms with van der Waals surface area (Å²) in [5, 5.41) is 9.16. The summed E-state index contributed by atoms with van der Waals surface area (Å²) in [6, 6.07) is 4.16. The van der Waals surface area contributed by atoms with Gasteiger partial charge in [0.15, 0.2) is 0 Å². The maximum atomic E-state index is 12.8. The number of piperidine rings is 1. The highest BCUT2D eigenvalue weighted by Gasteiger charge is 2.59. The monoisotopic (exact) mass is 392 g/mol. The molecule has 4 rings (SSSR count). The fourth-order valence-electron chi connectivity index (χ4n) is 4.31. The van der Waals surface area contributed by atoms with Crippen LogP contribution in [0.25, 0.3) is 0 Å². The second kappa shape index (κ2) is 5.79. The van der Waals surface area contributed by atoms with Gasteiger partial charge in [-0.15, -0.1) is 0 Å². The number of carbonyl (C=O) groups excluding carboxylic acids is 2. The molecule has 2 fully saturated rings. The molecular formula is C18H20N2O6S. The predicted molar refractivity (Wildman–Crippen MR) is 93.7 cm³/mol. The Hall–Kier alpha value is -2.42. The Bertz CT molecular complexity index is 962. The summed E-state index contributed by atoms with van der Waals surface area (Å²) in [5.41, 5.74) is 0.135. The Morgan fingerprint density at radius 2 is 1.93 bits per heavy atom. The number of aliphatic carboxylic acids is 1. The molecule has 2 aliphatic heterocycles. The molecule has 1 aromatic rings. The van der Waals surface area contributed by atoms with E-state index in [-0.39, 0.29) is 39.8 Å². The second-order valence-electron chi connectivity index (χ2n) is 7.44. The molecule has 0 bridgehead atoms. The lowest BCUT2D eigenvalue weighted by Gasteiger charge is -2.32. The lowest BCUT2D eigenvalue weighted by molar-refractivity contribution is -0.139. The number of benzene rings is 1. The fraction of sp³-hybridized carbons (Fsp3) is 0.500. The van der Waals surface area contributed by atoms with Crippen molar-refractivity contribution in [3.8, 4) is 0 Å². The van der Waals surface area contributed by atoms with Gasteiger partial charge in [0.05, 0.1) is 11.5 Å². The summed E-state index contributed by atoms with van der Waals surface area (Å²) in [7, 11) is -3.91. The van der Waals surface area contributed by atoms with Gasteiger partial charge in [0.1, 0.15) is 4.90 Å². The van der Waals surface area contributed by atoms with Gasteiger partial charge in [-0.2, -0.15) is 0 Å². The molecule has 1 saturated heterocycles. The van der Waals surface area contributed by atoms with Gasteiger partial charge in [0, 0.05) is 25.2 Å². The van der Waals surface area contributed by atoms with E-state index in [1.807, 2.05) is 0 Å². The second-order valence-corrected chi connectivity index (χ2v) is 9.27. The number of carboxylic acids is 1. The van der Waals surface area contributed by atoms with Crippen molar-refractivity contribution < 1.29 is 27.9 Å². The van der Waals surface area contributed by atoms with E-state index in [0.29, 0.717) is 32.4 Å². The van der Waals surface area contributed by atoms with Crippen LogP contribution in [0.2, 0.25) is 0 Å². The Morgan fingerprint density at radius 1 is 1.26 bits per heavy atom. The number of hydrogen-bond donors (Lipinski definition) is 1. The number of carboxylic acid groups (broad SMARTS) is 1. The van der Waals surface area contributed by atoms with Gasteiger partial charge in [0.2, 0.25) is 0 Å². The van der Waals surface area contributed by atoms with Crippen LogP contribution in [-0.4, -0.2) is 60.1 Å². The number of hydrogen-bond acceptors (Lipinski definition) is 5. The third kappa shape index (κ3) is 2.55. The van der Waals surface area contributed by atoms with E-state index in [0.717, 1.165) is 4.31 Å². The van der Waals surface area contributed by atoms with Crippen molar-refractivity contribution in [1.29, 1.82) is 0 Å².